The Kier molecular flexibility index (Phi) is 5.47. The van der Waals surface area contributed by atoms with Crippen molar-refractivity contribution in [3.05, 3.63) is 29.3 Å². The Labute approximate surface area is 139 Å². The molecule has 2 rings (SSSR count). The van der Waals surface area contributed by atoms with Crippen molar-refractivity contribution in [1.82, 2.24) is 9.62 Å². The molecule has 1 aliphatic rings. The molecule has 0 aromatic heterocycles. The monoisotopic (exact) mass is 338 g/mol. The molecule has 1 aromatic rings. The maximum Gasteiger partial charge on any atom is 0.241 e. The van der Waals surface area contributed by atoms with E-state index in [1.807, 2.05) is 27.7 Å². The minimum atomic E-state index is -3.72. The van der Waals surface area contributed by atoms with Gasteiger partial charge in [0.25, 0.3) is 0 Å². The predicted molar refractivity (Wildman–Crippen MR) is 90.7 cm³/mol. The summed E-state index contributed by atoms with van der Waals surface area (Å²) in [6.07, 6.45) is 1.97. The minimum Gasteiger partial charge on any atom is -0.341 e. The molecule has 23 heavy (non-hydrogen) atoms. The van der Waals surface area contributed by atoms with Crippen molar-refractivity contribution >= 4 is 15.9 Å². The molecule has 1 aliphatic heterocycles. The zero-order valence-electron chi connectivity index (χ0n) is 14.3. The van der Waals surface area contributed by atoms with E-state index in [9.17, 15) is 13.2 Å². The lowest BCUT2D eigenvalue weighted by atomic mass is 10.0. The largest absolute Gasteiger partial charge is 0.341 e. The minimum absolute atomic E-state index is 0.107. The van der Waals surface area contributed by atoms with Gasteiger partial charge in [-0.15, -0.1) is 0 Å². The quantitative estimate of drug-likeness (QED) is 0.895. The second-order valence-corrected chi connectivity index (χ2v) is 8.34. The third-order valence-corrected chi connectivity index (χ3v) is 5.86. The first-order valence-corrected chi connectivity index (χ1v) is 9.59. The van der Waals surface area contributed by atoms with Crippen LogP contribution >= 0.6 is 0 Å². The Morgan fingerprint density at radius 3 is 2.26 bits per heavy atom. The predicted octanol–water partition coefficient (Wildman–Crippen LogP) is 2.23. The van der Waals surface area contributed by atoms with E-state index in [0.29, 0.717) is 13.1 Å². The number of hydrogen-bond acceptors (Lipinski definition) is 3. The van der Waals surface area contributed by atoms with E-state index in [0.717, 1.165) is 24.0 Å². The molecule has 0 saturated carbocycles. The van der Waals surface area contributed by atoms with Crippen LogP contribution in [0.15, 0.2) is 23.1 Å². The highest BCUT2D eigenvalue weighted by Gasteiger charge is 2.32. The van der Waals surface area contributed by atoms with Crippen LogP contribution in [0.1, 0.15) is 37.8 Å². The number of nitrogens with zero attached hydrogens (tertiary/aromatic N) is 1. The molecule has 1 amide bonds. The van der Waals surface area contributed by atoms with E-state index in [4.69, 9.17) is 0 Å². The van der Waals surface area contributed by atoms with Gasteiger partial charge in [0.1, 0.15) is 6.04 Å². The summed E-state index contributed by atoms with van der Waals surface area (Å²) in [5.74, 6) is -0.227. The SMILES string of the molecule is Cc1ccc(S(=O)(=O)N[C@@H](C(=O)N2CCCC2)C(C)C)cc1C. The highest BCUT2D eigenvalue weighted by Crippen LogP contribution is 2.18. The number of rotatable bonds is 5. The molecule has 0 radical (unpaired) electrons. The van der Waals surface area contributed by atoms with E-state index in [-0.39, 0.29) is 16.7 Å². The van der Waals surface area contributed by atoms with Gasteiger partial charge in [-0.05, 0) is 55.9 Å². The smallest absolute Gasteiger partial charge is 0.241 e. The van der Waals surface area contributed by atoms with Crippen molar-refractivity contribution in [2.24, 2.45) is 5.92 Å². The molecule has 1 N–H and O–H groups in total. The van der Waals surface area contributed by atoms with Crippen LogP contribution < -0.4 is 4.72 Å². The van der Waals surface area contributed by atoms with Crippen molar-refractivity contribution in [1.29, 1.82) is 0 Å². The zero-order chi connectivity index (χ0) is 17.2. The number of sulfonamides is 1. The van der Waals surface area contributed by atoms with E-state index in [1.165, 1.54) is 0 Å². The van der Waals surface area contributed by atoms with Crippen LogP contribution in [0.3, 0.4) is 0 Å². The Bertz CT molecular complexity index is 677. The standard InChI is InChI=1S/C17H26N2O3S/c1-12(2)16(17(20)19-9-5-6-10-19)18-23(21,22)15-8-7-13(3)14(4)11-15/h7-8,11-12,16,18H,5-6,9-10H2,1-4H3/t16-/m1/s1. The number of aryl methyl sites for hydroxylation is 2. The fourth-order valence-corrected chi connectivity index (χ4v) is 4.14. The van der Waals surface area contributed by atoms with Gasteiger partial charge in [0, 0.05) is 13.1 Å². The van der Waals surface area contributed by atoms with Crippen LogP contribution in [0.4, 0.5) is 0 Å². The van der Waals surface area contributed by atoms with E-state index in [1.54, 1.807) is 23.1 Å². The summed E-state index contributed by atoms with van der Waals surface area (Å²) in [5, 5.41) is 0. The first-order valence-electron chi connectivity index (χ1n) is 8.11. The number of amides is 1. The molecule has 0 aliphatic carbocycles. The third kappa shape index (κ3) is 4.12. The first-order chi connectivity index (χ1) is 10.7. The highest BCUT2D eigenvalue weighted by molar-refractivity contribution is 7.89. The maximum atomic E-state index is 12.6. The van der Waals surface area contributed by atoms with E-state index in [2.05, 4.69) is 4.72 Å². The number of carbonyl (C=O) groups excluding carboxylic acids is 1. The molecular weight excluding hydrogens is 312 g/mol. The maximum absolute atomic E-state index is 12.6. The molecule has 128 valence electrons. The van der Waals surface area contributed by atoms with E-state index >= 15 is 0 Å². The second kappa shape index (κ2) is 7.01. The molecule has 1 heterocycles. The van der Waals surface area contributed by atoms with Gasteiger partial charge in [-0.3, -0.25) is 4.79 Å². The molecule has 5 nitrogen and oxygen atoms in total. The Balaban J connectivity index is 2.24. The van der Waals surface area contributed by atoms with E-state index < -0.39 is 16.1 Å². The van der Waals surface area contributed by atoms with Crippen LogP contribution in [0.25, 0.3) is 0 Å². The van der Waals surface area contributed by atoms with Crippen molar-refractivity contribution in [2.75, 3.05) is 13.1 Å². The lowest BCUT2D eigenvalue weighted by molar-refractivity contribution is -0.132. The molecule has 1 saturated heterocycles. The Morgan fingerprint density at radius 2 is 1.74 bits per heavy atom. The summed E-state index contributed by atoms with van der Waals surface area (Å²) in [7, 11) is -3.72. The lowest BCUT2D eigenvalue weighted by Gasteiger charge is -2.26. The summed E-state index contributed by atoms with van der Waals surface area (Å²) < 4.78 is 27.9. The topological polar surface area (TPSA) is 66.5 Å². The molecule has 1 atom stereocenters. The van der Waals surface area contributed by atoms with Crippen molar-refractivity contribution in [3.8, 4) is 0 Å². The van der Waals surface area contributed by atoms with Crippen LogP contribution in [0, 0.1) is 19.8 Å². The highest BCUT2D eigenvalue weighted by atomic mass is 32.2. The summed E-state index contributed by atoms with van der Waals surface area (Å²) in [5.41, 5.74) is 1.96. The first kappa shape index (κ1) is 17.9. The number of benzene rings is 1. The summed E-state index contributed by atoms with van der Waals surface area (Å²) in [6.45, 7) is 8.97. The lowest BCUT2D eigenvalue weighted by Crippen LogP contribution is -2.50. The normalized spacial score (nSPS) is 16.8. The van der Waals surface area contributed by atoms with Crippen LogP contribution in [-0.4, -0.2) is 38.4 Å². The molecule has 0 bridgehead atoms. The third-order valence-electron chi connectivity index (χ3n) is 4.42. The van der Waals surface area contributed by atoms with Gasteiger partial charge in [-0.25, -0.2) is 8.42 Å². The summed E-state index contributed by atoms with van der Waals surface area (Å²) in [4.78, 5) is 14.6. The van der Waals surface area contributed by atoms with Gasteiger partial charge in [0.2, 0.25) is 15.9 Å². The van der Waals surface area contributed by atoms with Crippen molar-refractivity contribution in [2.45, 2.75) is 51.5 Å². The number of hydrogen-bond donors (Lipinski definition) is 1. The van der Waals surface area contributed by atoms with Gasteiger partial charge in [0.15, 0.2) is 0 Å². The molecular formula is C17H26N2O3S. The fourth-order valence-electron chi connectivity index (χ4n) is 2.72. The fraction of sp³-hybridized carbons (Fsp3) is 0.588. The number of carbonyl (C=O) groups is 1. The van der Waals surface area contributed by atoms with Gasteiger partial charge in [-0.2, -0.15) is 4.72 Å². The van der Waals surface area contributed by atoms with Gasteiger partial charge in [-0.1, -0.05) is 19.9 Å². The molecule has 0 spiro atoms. The van der Waals surface area contributed by atoms with Gasteiger partial charge < -0.3 is 4.90 Å². The van der Waals surface area contributed by atoms with Crippen molar-refractivity contribution in [3.63, 3.8) is 0 Å². The molecule has 1 aromatic carbocycles. The number of nitrogens with one attached hydrogen (secondary N) is 1. The molecule has 6 heteroatoms. The molecule has 0 unspecified atom stereocenters. The van der Waals surface area contributed by atoms with Crippen LogP contribution in [0.2, 0.25) is 0 Å². The summed E-state index contributed by atoms with van der Waals surface area (Å²) in [6, 6.07) is 4.30. The van der Waals surface area contributed by atoms with Crippen molar-refractivity contribution < 1.29 is 13.2 Å². The average Bonchev–Trinajstić information content (AvgIpc) is 3.01. The summed E-state index contributed by atoms with van der Waals surface area (Å²) >= 11 is 0. The Morgan fingerprint density at radius 1 is 1.13 bits per heavy atom. The average molecular weight is 338 g/mol. The van der Waals surface area contributed by atoms with Crippen LogP contribution in [0.5, 0.6) is 0 Å². The van der Waals surface area contributed by atoms with Gasteiger partial charge >= 0.3 is 0 Å². The van der Waals surface area contributed by atoms with Gasteiger partial charge in [0.05, 0.1) is 4.90 Å². The zero-order valence-corrected chi connectivity index (χ0v) is 15.1. The second-order valence-electron chi connectivity index (χ2n) is 6.62. The number of likely N-dealkylation sites (tertiary alicyclic amines) is 1. The Hall–Kier alpha value is -1.40. The molecule has 1 fully saturated rings. The van der Waals surface area contributed by atoms with Crippen LogP contribution in [-0.2, 0) is 14.8 Å².